The van der Waals surface area contributed by atoms with Crippen molar-refractivity contribution in [2.75, 3.05) is 7.11 Å². The van der Waals surface area contributed by atoms with Crippen LogP contribution in [0.25, 0.3) is 0 Å². The molecule has 0 aliphatic carbocycles. The standard InChI is InChI=1S/C24H15Cl2N3O6/c1-33-22-18(25)8-13(9-19(22)26)24(30)34-15-5-6-16-20(10-15)35-23(28)17(11-27)21(16)12-3-2-4-14(7-12)29(31)32/h2-10,21H,28H2,1H3. The van der Waals surface area contributed by atoms with E-state index in [0.717, 1.165) is 0 Å². The van der Waals surface area contributed by atoms with Crippen molar-refractivity contribution in [1.82, 2.24) is 0 Å². The number of allylic oxidation sites excluding steroid dienone is 1. The van der Waals surface area contributed by atoms with Gasteiger partial charge in [0.25, 0.3) is 5.69 Å². The van der Waals surface area contributed by atoms with Gasteiger partial charge in [0.05, 0.1) is 33.6 Å². The molecule has 1 aliphatic heterocycles. The minimum atomic E-state index is -0.733. The second-order valence-electron chi connectivity index (χ2n) is 7.34. The summed E-state index contributed by atoms with van der Waals surface area (Å²) in [5, 5.41) is 21.2. The highest BCUT2D eigenvalue weighted by Crippen LogP contribution is 2.44. The SMILES string of the molecule is COc1c(Cl)cc(C(=O)Oc2ccc3c(c2)OC(N)=C(C#N)C3c2cccc([N+](=O)[O-])c2)cc1Cl. The molecule has 35 heavy (non-hydrogen) atoms. The molecule has 1 atom stereocenters. The van der Waals surface area contributed by atoms with Gasteiger partial charge < -0.3 is 19.9 Å². The number of nitro benzene ring substituents is 1. The van der Waals surface area contributed by atoms with E-state index in [1.165, 1.54) is 49.6 Å². The minimum Gasteiger partial charge on any atom is -0.494 e. The molecular weight excluding hydrogens is 497 g/mol. The van der Waals surface area contributed by atoms with Gasteiger partial charge in [-0.1, -0.05) is 41.4 Å². The summed E-state index contributed by atoms with van der Waals surface area (Å²) in [6.45, 7) is 0. The number of carbonyl (C=O) groups excluding carboxylic acids is 1. The molecule has 2 N–H and O–H groups in total. The highest BCUT2D eigenvalue weighted by molar-refractivity contribution is 6.37. The first-order valence-electron chi connectivity index (χ1n) is 9.94. The summed E-state index contributed by atoms with van der Waals surface area (Å²) in [5.74, 6) is -1.02. The van der Waals surface area contributed by atoms with Crippen molar-refractivity contribution < 1.29 is 23.9 Å². The van der Waals surface area contributed by atoms with Gasteiger partial charge in [-0.25, -0.2) is 4.79 Å². The fraction of sp³-hybridized carbons (Fsp3) is 0.0833. The molecule has 0 radical (unpaired) electrons. The topological polar surface area (TPSA) is 138 Å². The number of nitriles is 1. The zero-order valence-electron chi connectivity index (χ0n) is 18.0. The van der Waals surface area contributed by atoms with Gasteiger partial charge in [-0.15, -0.1) is 0 Å². The number of nitrogens with zero attached hydrogens (tertiary/aromatic N) is 2. The van der Waals surface area contributed by atoms with Crippen molar-refractivity contribution in [3.05, 3.63) is 103 Å². The Morgan fingerprint density at radius 2 is 1.89 bits per heavy atom. The zero-order chi connectivity index (χ0) is 25.3. The highest BCUT2D eigenvalue weighted by Gasteiger charge is 2.32. The number of hydrogen-bond acceptors (Lipinski definition) is 8. The van der Waals surface area contributed by atoms with Crippen molar-refractivity contribution >= 4 is 34.9 Å². The molecule has 176 valence electrons. The van der Waals surface area contributed by atoms with Crippen molar-refractivity contribution in [3.8, 4) is 23.3 Å². The zero-order valence-corrected chi connectivity index (χ0v) is 19.5. The number of fused-ring (bicyclic) bond motifs is 1. The third-order valence-corrected chi connectivity index (χ3v) is 5.82. The number of carbonyl (C=O) groups is 1. The van der Waals surface area contributed by atoms with Crippen LogP contribution in [-0.2, 0) is 0 Å². The van der Waals surface area contributed by atoms with E-state index in [1.54, 1.807) is 12.1 Å². The minimum absolute atomic E-state index is 0.0973. The number of nitrogens with two attached hydrogens (primary N) is 1. The highest BCUT2D eigenvalue weighted by atomic mass is 35.5. The molecule has 3 aromatic carbocycles. The van der Waals surface area contributed by atoms with Crippen LogP contribution in [0.2, 0.25) is 10.0 Å². The predicted octanol–water partition coefficient (Wildman–Crippen LogP) is 5.35. The van der Waals surface area contributed by atoms with Gasteiger partial charge in [0.2, 0.25) is 5.88 Å². The van der Waals surface area contributed by atoms with Crippen LogP contribution in [0.15, 0.2) is 66.1 Å². The van der Waals surface area contributed by atoms with Crippen molar-refractivity contribution in [3.63, 3.8) is 0 Å². The van der Waals surface area contributed by atoms with Crippen LogP contribution in [0.5, 0.6) is 17.2 Å². The Balaban J connectivity index is 1.69. The molecule has 3 aromatic rings. The number of rotatable bonds is 5. The fourth-order valence-electron chi connectivity index (χ4n) is 3.70. The Hall–Kier alpha value is -4.26. The third kappa shape index (κ3) is 4.57. The van der Waals surface area contributed by atoms with E-state index >= 15 is 0 Å². The Morgan fingerprint density at radius 1 is 1.17 bits per heavy atom. The van der Waals surface area contributed by atoms with E-state index < -0.39 is 16.8 Å². The molecule has 0 spiro atoms. The van der Waals surface area contributed by atoms with Gasteiger partial charge >= 0.3 is 5.97 Å². The summed E-state index contributed by atoms with van der Waals surface area (Å²) in [6, 6.07) is 15.2. The lowest BCUT2D eigenvalue weighted by molar-refractivity contribution is -0.384. The van der Waals surface area contributed by atoms with Crippen LogP contribution in [-0.4, -0.2) is 18.0 Å². The van der Waals surface area contributed by atoms with Crippen molar-refractivity contribution in [2.45, 2.75) is 5.92 Å². The molecule has 11 heteroatoms. The number of methoxy groups -OCH3 is 1. The van der Waals surface area contributed by atoms with E-state index in [9.17, 15) is 20.2 Å². The monoisotopic (exact) mass is 511 g/mol. The largest absolute Gasteiger partial charge is 0.494 e. The molecule has 0 bridgehead atoms. The van der Waals surface area contributed by atoms with E-state index in [4.69, 9.17) is 43.1 Å². The van der Waals surface area contributed by atoms with Crippen LogP contribution >= 0.6 is 23.2 Å². The van der Waals surface area contributed by atoms with E-state index in [-0.39, 0.29) is 50.0 Å². The average Bonchev–Trinajstić information content (AvgIpc) is 2.82. The summed E-state index contributed by atoms with van der Waals surface area (Å²) in [4.78, 5) is 23.4. The summed E-state index contributed by atoms with van der Waals surface area (Å²) < 4.78 is 16.1. The molecule has 0 saturated heterocycles. The molecule has 0 fully saturated rings. The molecule has 4 rings (SSSR count). The van der Waals surface area contributed by atoms with Gasteiger partial charge in [-0.2, -0.15) is 5.26 Å². The summed E-state index contributed by atoms with van der Waals surface area (Å²) >= 11 is 12.2. The van der Waals surface area contributed by atoms with Crippen LogP contribution in [0.4, 0.5) is 5.69 Å². The molecule has 1 aliphatic rings. The van der Waals surface area contributed by atoms with Crippen LogP contribution in [0.3, 0.4) is 0 Å². The molecular formula is C24H15Cl2N3O6. The fourth-order valence-corrected chi connectivity index (χ4v) is 4.34. The van der Waals surface area contributed by atoms with E-state index in [0.29, 0.717) is 11.1 Å². The molecule has 0 saturated carbocycles. The Labute approximate surface area is 209 Å². The Bertz CT molecular complexity index is 1420. The lowest BCUT2D eigenvalue weighted by Gasteiger charge is -2.26. The lowest BCUT2D eigenvalue weighted by atomic mass is 9.83. The summed E-state index contributed by atoms with van der Waals surface area (Å²) in [5.41, 5.74) is 7.06. The van der Waals surface area contributed by atoms with Crippen LogP contribution in [0, 0.1) is 21.4 Å². The van der Waals surface area contributed by atoms with E-state index in [1.807, 2.05) is 6.07 Å². The number of ether oxygens (including phenoxy) is 3. The molecule has 9 nitrogen and oxygen atoms in total. The molecule has 1 heterocycles. The number of hydrogen-bond donors (Lipinski definition) is 1. The maximum atomic E-state index is 12.7. The summed E-state index contributed by atoms with van der Waals surface area (Å²) in [6.07, 6.45) is 0. The van der Waals surface area contributed by atoms with Gasteiger partial charge in [-0.05, 0) is 23.8 Å². The predicted molar refractivity (Wildman–Crippen MR) is 127 cm³/mol. The van der Waals surface area contributed by atoms with Gasteiger partial charge in [0, 0.05) is 23.8 Å². The smallest absolute Gasteiger partial charge is 0.343 e. The first-order chi connectivity index (χ1) is 16.7. The van der Waals surface area contributed by atoms with E-state index in [2.05, 4.69) is 0 Å². The van der Waals surface area contributed by atoms with Gasteiger partial charge in [-0.3, -0.25) is 10.1 Å². The number of nitro groups is 1. The first-order valence-corrected chi connectivity index (χ1v) is 10.7. The second kappa shape index (κ2) is 9.54. The molecule has 1 unspecified atom stereocenters. The van der Waals surface area contributed by atoms with Crippen LogP contribution < -0.4 is 19.9 Å². The molecule has 0 amide bonds. The normalized spacial score (nSPS) is 14.4. The number of esters is 1. The van der Waals surface area contributed by atoms with Gasteiger partial charge in [0.1, 0.15) is 23.1 Å². The maximum absolute atomic E-state index is 12.7. The quantitative estimate of drug-likeness (QED) is 0.209. The lowest BCUT2D eigenvalue weighted by Crippen LogP contribution is -2.21. The third-order valence-electron chi connectivity index (χ3n) is 5.25. The molecule has 0 aromatic heterocycles. The number of benzene rings is 3. The second-order valence-corrected chi connectivity index (χ2v) is 8.15. The summed E-state index contributed by atoms with van der Waals surface area (Å²) in [7, 11) is 1.40. The van der Waals surface area contributed by atoms with Gasteiger partial charge in [0.15, 0.2) is 5.75 Å². The Kier molecular flexibility index (Phi) is 6.51. The van der Waals surface area contributed by atoms with Crippen molar-refractivity contribution in [2.24, 2.45) is 5.73 Å². The average molecular weight is 512 g/mol. The van der Waals surface area contributed by atoms with Crippen molar-refractivity contribution in [1.29, 1.82) is 5.26 Å². The van der Waals surface area contributed by atoms with Crippen LogP contribution in [0.1, 0.15) is 27.4 Å². The maximum Gasteiger partial charge on any atom is 0.343 e. The number of non-ortho nitro benzene ring substituents is 1. The first kappa shape index (κ1) is 23.9. The Morgan fingerprint density at radius 3 is 2.51 bits per heavy atom. The number of halogens is 2.